The van der Waals surface area contributed by atoms with Crippen molar-refractivity contribution in [1.82, 2.24) is 4.90 Å². The van der Waals surface area contributed by atoms with Crippen LogP contribution >= 0.6 is 0 Å². The SMILES string of the molecule is COCC(=O)N(Cc1cccc(F)c1)C[C@@H]1CC(c2ccc(OC)cc2)=NO1. The zero-order chi connectivity index (χ0) is 19.9. The molecule has 6 nitrogen and oxygen atoms in total. The summed E-state index contributed by atoms with van der Waals surface area (Å²) < 4.78 is 23.6. The molecule has 0 saturated carbocycles. The average molecular weight is 386 g/mol. The summed E-state index contributed by atoms with van der Waals surface area (Å²) in [6.07, 6.45) is 0.304. The number of carbonyl (C=O) groups is 1. The third-order valence-corrected chi connectivity index (χ3v) is 4.46. The minimum atomic E-state index is -0.334. The third-order valence-electron chi connectivity index (χ3n) is 4.46. The minimum Gasteiger partial charge on any atom is -0.497 e. The summed E-state index contributed by atoms with van der Waals surface area (Å²) in [5, 5.41) is 4.17. The summed E-state index contributed by atoms with van der Waals surface area (Å²) >= 11 is 0. The lowest BCUT2D eigenvalue weighted by Crippen LogP contribution is -2.39. The molecule has 0 saturated heterocycles. The van der Waals surface area contributed by atoms with Gasteiger partial charge in [0.05, 0.1) is 19.4 Å². The fourth-order valence-corrected chi connectivity index (χ4v) is 3.05. The first-order valence-corrected chi connectivity index (χ1v) is 8.97. The molecule has 0 bridgehead atoms. The highest BCUT2D eigenvalue weighted by Gasteiger charge is 2.27. The van der Waals surface area contributed by atoms with Gasteiger partial charge < -0.3 is 19.2 Å². The number of carbonyl (C=O) groups excluding carboxylic acids is 1. The van der Waals surface area contributed by atoms with Crippen LogP contribution in [0, 0.1) is 5.82 Å². The second-order valence-corrected chi connectivity index (χ2v) is 6.54. The number of hydrogen-bond acceptors (Lipinski definition) is 5. The largest absolute Gasteiger partial charge is 0.497 e. The van der Waals surface area contributed by atoms with E-state index in [0.717, 1.165) is 17.0 Å². The summed E-state index contributed by atoms with van der Waals surface area (Å²) in [5.41, 5.74) is 2.47. The van der Waals surface area contributed by atoms with Gasteiger partial charge in [0.15, 0.2) is 6.10 Å². The van der Waals surface area contributed by atoms with Crippen LogP contribution in [-0.4, -0.2) is 50.0 Å². The van der Waals surface area contributed by atoms with Crippen LogP contribution in [0.25, 0.3) is 0 Å². The van der Waals surface area contributed by atoms with Crippen LogP contribution in [0.1, 0.15) is 17.5 Å². The first kappa shape index (κ1) is 19.8. The van der Waals surface area contributed by atoms with Gasteiger partial charge in [0.25, 0.3) is 0 Å². The molecule has 0 aliphatic carbocycles. The number of benzene rings is 2. The molecule has 1 heterocycles. The highest BCUT2D eigenvalue weighted by atomic mass is 19.1. The second-order valence-electron chi connectivity index (χ2n) is 6.54. The third kappa shape index (κ3) is 5.07. The van der Waals surface area contributed by atoms with Gasteiger partial charge in [0.2, 0.25) is 5.91 Å². The van der Waals surface area contributed by atoms with E-state index in [1.165, 1.54) is 19.2 Å². The summed E-state index contributed by atoms with van der Waals surface area (Å²) in [6.45, 7) is 0.563. The molecule has 1 atom stereocenters. The number of nitrogens with zero attached hydrogens (tertiary/aromatic N) is 2. The molecular weight excluding hydrogens is 363 g/mol. The van der Waals surface area contributed by atoms with Crippen molar-refractivity contribution in [2.24, 2.45) is 5.16 Å². The van der Waals surface area contributed by atoms with Crippen LogP contribution in [0.15, 0.2) is 53.7 Å². The lowest BCUT2D eigenvalue weighted by atomic mass is 10.0. The predicted molar refractivity (Wildman–Crippen MR) is 103 cm³/mol. The molecule has 1 aliphatic heterocycles. The van der Waals surface area contributed by atoms with Crippen molar-refractivity contribution in [3.05, 3.63) is 65.5 Å². The zero-order valence-electron chi connectivity index (χ0n) is 15.9. The monoisotopic (exact) mass is 386 g/mol. The van der Waals surface area contributed by atoms with Gasteiger partial charge >= 0.3 is 0 Å². The van der Waals surface area contributed by atoms with E-state index in [9.17, 15) is 9.18 Å². The smallest absolute Gasteiger partial charge is 0.248 e. The Labute approximate surface area is 163 Å². The van der Waals surface area contributed by atoms with Crippen LogP contribution in [0.5, 0.6) is 5.75 Å². The molecule has 0 N–H and O–H groups in total. The van der Waals surface area contributed by atoms with Crippen molar-refractivity contribution < 1.29 is 23.5 Å². The molecule has 0 spiro atoms. The van der Waals surface area contributed by atoms with E-state index >= 15 is 0 Å². The van der Waals surface area contributed by atoms with Gasteiger partial charge in [-0.25, -0.2) is 4.39 Å². The van der Waals surface area contributed by atoms with E-state index in [-0.39, 0.29) is 31.0 Å². The van der Waals surface area contributed by atoms with Crippen LogP contribution in [0.2, 0.25) is 0 Å². The molecule has 3 rings (SSSR count). The maximum atomic E-state index is 13.5. The summed E-state index contributed by atoms with van der Waals surface area (Å²) in [5.74, 6) is 0.249. The minimum absolute atomic E-state index is 0.0474. The van der Waals surface area contributed by atoms with Gasteiger partial charge in [-0.3, -0.25) is 4.79 Å². The lowest BCUT2D eigenvalue weighted by Gasteiger charge is -2.24. The maximum Gasteiger partial charge on any atom is 0.248 e. The number of rotatable bonds is 8. The van der Waals surface area contributed by atoms with E-state index in [2.05, 4.69) is 5.16 Å². The molecule has 2 aromatic rings. The van der Waals surface area contributed by atoms with Crippen molar-refractivity contribution in [1.29, 1.82) is 0 Å². The molecule has 1 aliphatic rings. The Morgan fingerprint density at radius 1 is 1.25 bits per heavy atom. The van der Waals surface area contributed by atoms with Gasteiger partial charge in [-0.2, -0.15) is 0 Å². The summed E-state index contributed by atoms with van der Waals surface area (Å²) in [6, 6.07) is 13.8. The summed E-state index contributed by atoms with van der Waals surface area (Å²) in [4.78, 5) is 19.6. The lowest BCUT2D eigenvalue weighted by molar-refractivity contribution is -0.137. The van der Waals surface area contributed by atoms with Crippen molar-refractivity contribution in [3.63, 3.8) is 0 Å². The predicted octanol–water partition coefficient (Wildman–Crippen LogP) is 3.00. The normalized spacial score (nSPS) is 15.7. The van der Waals surface area contributed by atoms with Gasteiger partial charge in [-0.05, 0) is 47.5 Å². The molecule has 28 heavy (non-hydrogen) atoms. The number of ether oxygens (including phenoxy) is 2. The molecule has 148 valence electrons. The molecule has 0 radical (unpaired) electrons. The highest BCUT2D eigenvalue weighted by Crippen LogP contribution is 2.21. The Morgan fingerprint density at radius 3 is 2.71 bits per heavy atom. The van der Waals surface area contributed by atoms with Crippen LogP contribution in [0.3, 0.4) is 0 Å². The molecule has 0 fully saturated rings. The molecule has 2 aromatic carbocycles. The van der Waals surface area contributed by atoms with E-state index in [1.54, 1.807) is 24.1 Å². The molecule has 0 aromatic heterocycles. The Kier molecular flexibility index (Phi) is 6.60. The highest BCUT2D eigenvalue weighted by molar-refractivity contribution is 6.01. The van der Waals surface area contributed by atoms with Crippen molar-refractivity contribution in [2.75, 3.05) is 27.4 Å². The zero-order valence-corrected chi connectivity index (χ0v) is 15.9. The number of halogens is 1. The summed E-state index contributed by atoms with van der Waals surface area (Å²) in [7, 11) is 3.08. The van der Waals surface area contributed by atoms with Crippen LogP contribution < -0.4 is 4.74 Å². The second kappa shape index (κ2) is 9.32. The number of hydrogen-bond donors (Lipinski definition) is 0. The molecule has 1 amide bonds. The number of methoxy groups -OCH3 is 2. The fourth-order valence-electron chi connectivity index (χ4n) is 3.05. The molecule has 7 heteroatoms. The van der Waals surface area contributed by atoms with Crippen molar-refractivity contribution >= 4 is 11.6 Å². The molecular formula is C21H23FN2O4. The Morgan fingerprint density at radius 2 is 2.04 bits per heavy atom. The maximum absolute atomic E-state index is 13.5. The number of oxime groups is 1. The quantitative estimate of drug-likeness (QED) is 0.700. The van der Waals surface area contributed by atoms with E-state index in [4.69, 9.17) is 14.3 Å². The average Bonchev–Trinajstić information content (AvgIpc) is 3.16. The van der Waals surface area contributed by atoms with E-state index in [1.807, 2.05) is 24.3 Å². The van der Waals surface area contributed by atoms with Crippen LogP contribution in [0.4, 0.5) is 4.39 Å². The van der Waals surface area contributed by atoms with E-state index < -0.39 is 0 Å². The first-order chi connectivity index (χ1) is 13.6. The first-order valence-electron chi connectivity index (χ1n) is 8.97. The van der Waals surface area contributed by atoms with E-state index in [0.29, 0.717) is 18.5 Å². The van der Waals surface area contributed by atoms with Gasteiger partial charge in [0.1, 0.15) is 18.2 Å². The van der Waals surface area contributed by atoms with Gasteiger partial charge in [-0.15, -0.1) is 0 Å². The standard InChI is InChI=1S/C21H23FN2O4/c1-26-14-21(25)24(12-15-4-3-5-17(22)10-15)13-19-11-20(23-28-19)16-6-8-18(27-2)9-7-16/h3-10,19H,11-14H2,1-2H3/t19-/m0/s1. The topological polar surface area (TPSA) is 60.4 Å². The Bertz CT molecular complexity index is 839. The fraction of sp³-hybridized carbons (Fsp3) is 0.333. The van der Waals surface area contributed by atoms with Gasteiger partial charge in [-0.1, -0.05) is 17.3 Å². The van der Waals surface area contributed by atoms with Gasteiger partial charge in [0, 0.05) is 20.1 Å². The van der Waals surface area contributed by atoms with Crippen molar-refractivity contribution in [2.45, 2.75) is 19.1 Å². The number of amides is 1. The Balaban J connectivity index is 1.65. The van der Waals surface area contributed by atoms with Crippen LogP contribution in [-0.2, 0) is 20.9 Å². The molecule has 0 unspecified atom stereocenters. The Hall–Kier alpha value is -2.93. The van der Waals surface area contributed by atoms with Crippen molar-refractivity contribution in [3.8, 4) is 5.75 Å².